The van der Waals surface area contributed by atoms with Crippen molar-refractivity contribution < 1.29 is 4.39 Å². The Morgan fingerprint density at radius 1 is 1.43 bits per heavy atom. The van der Waals surface area contributed by atoms with E-state index in [-0.39, 0.29) is 5.82 Å². The Morgan fingerprint density at radius 3 is 2.79 bits per heavy atom. The first-order valence-corrected chi connectivity index (χ1v) is 5.74. The van der Waals surface area contributed by atoms with Gasteiger partial charge in [-0.2, -0.15) is 0 Å². The smallest absolute Gasteiger partial charge is 0.147 e. The molecule has 0 amide bonds. The molecular weight excluding hydrogens is 245 g/mol. The summed E-state index contributed by atoms with van der Waals surface area (Å²) in [5.74, 6) is 0.566. The summed E-state index contributed by atoms with van der Waals surface area (Å²) in [7, 11) is 0. The minimum absolute atomic E-state index is 0.182. The zero-order chi connectivity index (χ0) is 9.97. The molecule has 0 atom stereocenters. The summed E-state index contributed by atoms with van der Waals surface area (Å²) in [6.07, 6.45) is 3.89. The molecular formula is C11H13BrFN. The van der Waals surface area contributed by atoms with Gasteiger partial charge in [-0.25, -0.2) is 4.39 Å². The number of benzene rings is 1. The summed E-state index contributed by atoms with van der Waals surface area (Å²) in [6.45, 7) is 0.901. The highest BCUT2D eigenvalue weighted by atomic mass is 79.9. The standard InChI is InChI=1S/C11H13BrFN/c12-9-4-5-11(10(13)6-9)14-7-8-2-1-3-8/h4-6,8,14H,1-3,7H2. The van der Waals surface area contributed by atoms with E-state index in [0.29, 0.717) is 5.69 Å². The zero-order valence-electron chi connectivity index (χ0n) is 7.89. The molecule has 1 nitrogen and oxygen atoms in total. The second-order valence-electron chi connectivity index (χ2n) is 3.80. The molecule has 1 aliphatic rings. The number of rotatable bonds is 3. The molecule has 76 valence electrons. The van der Waals surface area contributed by atoms with E-state index in [4.69, 9.17) is 0 Å². The van der Waals surface area contributed by atoms with Gasteiger partial charge in [0.25, 0.3) is 0 Å². The predicted octanol–water partition coefficient (Wildman–Crippen LogP) is 3.80. The van der Waals surface area contributed by atoms with Crippen LogP contribution >= 0.6 is 15.9 Å². The molecule has 1 aliphatic carbocycles. The molecule has 2 rings (SSSR count). The lowest BCUT2D eigenvalue weighted by molar-refractivity contribution is 0.333. The molecule has 1 fully saturated rings. The Bertz CT molecular complexity index is 323. The molecule has 1 N–H and O–H groups in total. The van der Waals surface area contributed by atoms with Crippen LogP contribution in [0.5, 0.6) is 0 Å². The monoisotopic (exact) mass is 257 g/mol. The van der Waals surface area contributed by atoms with Crippen LogP contribution in [0.2, 0.25) is 0 Å². The van der Waals surface area contributed by atoms with Gasteiger partial charge in [-0.1, -0.05) is 22.4 Å². The average Bonchev–Trinajstić information content (AvgIpc) is 2.05. The van der Waals surface area contributed by atoms with Crippen molar-refractivity contribution in [2.75, 3.05) is 11.9 Å². The van der Waals surface area contributed by atoms with Gasteiger partial charge >= 0.3 is 0 Å². The average molecular weight is 258 g/mol. The Morgan fingerprint density at radius 2 is 2.21 bits per heavy atom. The van der Waals surface area contributed by atoms with E-state index in [1.54, 1.807) is 6.07 Å². The molecule has 0 bridgehead atoms. The van der Waals surface area contributed by atoms with Gasteiger partial charge in [-0.05, 0) is 37.0 Å². The van der Waals surface area contributed by atoms with Crippen LogP contribution < -0.4 is 5.32 Å². The number of anilines is 1. The Hall–Kier alpha value is -0.570. The molecule has 0 radical (unpaired) electrons. The first-order valence-electron chi connectivity index (χ1n) is 4.94. The number of halogens is 2. The Kier molecular flexibility index (Phi) is 3.06. The molecule has 0 aromatic heterocycles. The van der Waals surface area contributed by atoms with Gasteiger partial charge in [0.1, 0.15) is 5.82 Å². The van der Waals surface area contributed by atoms with Crippen LogP contribution in [0.25, 0.3) is 0 Å². The fourth-order valence-electron chi connectivity index (χ4n) is 1.58. The first-order chi connectivity index (χ1) is 6.75. The molecule has 1 saturated carbocycles. The van der Waals surface area contributed by atoms with Gasteiger partial charge in [0, 0.05) is 11.0 Å². The zero-order valence-corrected chi connectivity index (χ0v) is 9.48. The van der Waals surface area contributed by atoms with Gasteiger partial charge in [0.2, 0.25) is 0 Å². The topological polar surface area (TPSA) is 12.0 Å². The highest BCUT2D eigenvalue weighted by Crippen LogP contribution is 2.27. The molecule has 14 heavy (non-hydrogen) atoms. The molecule has 3 heteroatoms. The molecule has 1 aromatic carbocycles. The minimum atomic E-state index is -0.182. The van der Waals surface area contributed by atoms with E-state index < -0.39 is 0 Å². The molecule has 0 unspecified atom stereocenters. The van der Waals surface area contributed by atoms with Crippen LogP contribution in [0.3, 0.4) is 0 Å². The van der Waals surface area contributed by atoms with Gasteiger partial charge in [0.05, 0.1) is 5.69 Å². The maximum Gasteiger partial charge on any atom is 0.147 e. The summed E-state index contributed by atoms with van der Waals surface area (Å²) in [4.78, 5) is 0. The van der Waals surface area contributed by atoms with Crippen molar-refractivity contribution in [3.63, 3.8) is 0 Å². The molecule has 1 aromatic rings. The van der Waals surface area contributed by atoms with E-state index in [9.17, 15) is 4.39 Å². The highest BCUT2D eigenvalue weighted by Gasteiger charge is 2.17. The first kappa shape index (κ1) is 9.97. The van der Waals surface area contributed by atoms with Crippen molar-refractivity contribution in [3.05, 3.63) is 28.5 Å². The van der Waals surface area contributed by atoms with E-state index in [2.05, 4.69) is 21.2 Å². The maximum absolute atomic E-state index is 13.3. The lowest BCUT2D eigenvalue weighted by Crippen LogP contribution is -2.21. The fourth-order valence-corrected chi connectivity index (χ4v) is 1.92. The van der Waals surface area contributed by atoms with Crippen LogP contribution in [0, 0.1) is 11.7 Å². The van der Waals surface area contributed by atoms with Crippen molar-refractivity contribution >= 4 is 21.6 Å². The number of hydrogen-bond donors (Lipinski definition) is 1. The van der Waals surface area contributed by atoms with E-state index in [0.717, 1.165) is 16.9 Å². The van der Waals surface area contributed by atoms with Crippen molar-refractivity contribution in [1.82, 2.24) is 0 Å². The van der Waals surface area contributed by atoms with E-state index >= 15 is 0 Å². The van der Waals surface area contributed by atoms with Gasteiger partial charge in [-0.3, -0.25) is 0 Å². The normalized spacial score (nSPS) is 16.4. The second-order valence-corrected chi connectivity index (χ2v) is 4.72. The summed E-state index contributed by atoms with van der Waals surface area (Å²) in [5.41, 5.74) is 0.611. The van der Waals surface area contributed by atoms with Crippen LogP contribution in [0.4, 0.5) is 10.1 Å². The molecule has 0 saturated heterocycles. The van der Waals surface area contributed by atoms with Gasteiger partial charge in [-0.15, -0.1) is 0 Å². The molecule has 0 aliphatic heterocycles. The van der Waals surface area contributed by atoms with Crippen molar-refractivity contribution in [1.29, 1.82) is 0 Å². The van der Waals surface area contributed by atoms with Crippen LogP contribution in [0.1, 0.15) is 19.3 Å². The third-order valence-corrected chi connectivity index (χ3v) is 3.23. The predicted molar refractivity (Wildman–Crippen MR) is 59.9 cm³/mol. The fraction of sp³-hybridized carbons (Fsp3) is 0.455. The number of hydrogen-bond acceptors (Lipinski definition) is 1. The second kappa shape index (κ2) is 4.30. The van der Waals surface area contributed by atoms with E-state index in [1.807, 2.05) is 6.07 Å². The molecule has 0 spiro atoms. The third kappa shape index (κ3) is 2.27. The summed E-state index contributed by atoms with van der Waals surface area (Å²) >= 11 is 3.23. The van der Waals surface area contributed by atoms with Crippen molar-refractivity contribution in [3.8, 4) is 0 Å². The van der Waals surface area contributed by atoms with Crippen LogP contribution in [0.15, 0.2) is 22.7 Å². The van der Waals surface area contributed by atoms with Crippen molar-refractivity contribution in [2.45, 2.75) is 19.3 Å². The van der Waals surface area contributed by atoms with E-state index in [1.165, 1.54) is 25.3 Å². The SMILES string of the molecule is Fc1cc(Br)ccc1NCC1CCC1. The van der Waals surface area contributed by atoms with Crippen molar-refractivity contribution in [2.24, 2.45) is 5.92 Å². The Balaban J connectivity index is 1.94. The van der Waals surface area contributed by atoms with Crippen LogP contribution in [-0.4, -0.2) is 6.54 Å². The maximum atomic E-state index is 13.3. The lowest BCUT2D eigenvalue weighted by Gasteiger charge is -2.25. The summed E-state index contributed by atoms with van der Waals surface area (Å²) in [6, 6.07) is 5.12. The van der Waals surface area contributed by atoms with Crippen LogP contribution in [-0.2, 0) is 0 Å². The van der Waals surface area contributed by atoms with Gasteiger partial charge < -0.3 is 5.32 Å². The molecule has 0 heterocycles. The summed E-state index contributed by atoms with van der Waals surface area (Å²) in [5, 5.41) is 3.15. The highest BCUT2D eigenvalue weighted by molar-refractivity contribution is 9.10. The summed E-state index contributed by atoms with van der Waals surface area (Å²) < 4.78 is 14.1. The lowest BCUT2D eigenvalue weighted by atomic mass is 9.85. The quantitative estimate of drug-likeness (QED) is 0.869. The third-order valence-electron chi connectivity index (χ3n) is 2.74. The number of nitrogens with one attached hydrogen (secondary N) is 1. The van der Waals surface area contributed by atoms with Gasteiger partial charge in [0.15, 0.2) is 0 Å². The largest absolute Gasteiger partial charge is 0.382 e. The Labute approximate surface area is 91.8 Å². The minimum Gasteiger partial charge on any atom is -0.382 e.